The highest BCUT2D eigenvalue weighted by atomic mass is 16.5. The molecule has 0 saturated heterocycles. The molecule has 124 valence electrons. The van der Waals surface area contributed by atoms with Crippen LogP contribution in [0.1, 0.15) is 25.8 Å². The molecule has 0 spiro atoms. The van der Waals surface area contributed by atoms with Gasteiger partial charge in [-0.2, -0.15) is 5.10 Å². The number of nitrogens with zero attached hydrogens (tertiary/aromatic N) is 1. The van der Waals surface area contributed by atoms with Gasteiger partial charge in [0.15, 0.2) is 0 Å². The normalized spacial score (nSPS) is 11.7. The number of carboxylic acid groups (broad SMARTS) is 1. The number of aliphatic carboxylic acids is 1. The number of benzene rings is 1. The van der Waals surface area contributed by atoms with Crippen LogP contribution in [0.15, 0.2) is 29.4 Å². The van der Waals surface area contributed by atoms with Crippen molar-refractivity contribution in [3.05, 3.63) is 29.8 Å². The van der Waals surface area contributed by atoms with Crippen LogP contribution in [-0.4, -0.2) is 36.6 Å². The molecule has 0 bridgehead atoms. The number of rotatable bonds is 7. The van der Waals surface area contributed by atoms with E-state index in [1.807, 2.05) is 6.92 Å². The fraction of sp³-hybridized carbons (Fsp3) is 0.333. The molecule has 1 atom stereocenters. The Balaban J connectivity index is 2.46. The lowest BCUT2D eigenvalue weighted by atomic mass is 10.2. The summed E-state index contributed by atoms with van der Waals surface area (Å²) in [5.41, 5.74) is 2.75. The highest BCUT2D eigenvalue weighted by Gasteiger charge is 2.14. The topological polar surface area (TPSA) is 120 Å². The second-order valence-electron chi connectivity index (χ2n) is 4.71. The summed E-state index contributed by atoms with van der Waals surface area (Å²) in [6.45, 7) is 3.15. The van der Waals surface area contributed by atoms with Gasteiger partial charge in [0.25, 0.3) is 0 Å². The fourth-order valence-corrected chi connectivity index (χ4v) is 1.40. The van der Waals surface area contributed by atoms with Gasteiger partial charge in [-0.25, -0.2) is 5.43 Å². The van der Waals surface area contributed by atoms with Crippen LogP contribution in [0.25, 0.3) is 0 Å². The average Bonchev–Trinajstić information content (AvgIpc) is 2.53. The predicted molar refractivity (Wildman–Crippen MR) is 80.6 cm³/mol. The van der Waals surface area contributed by atoms with Crippen molar-refractivity contribution in [1.82, 2.24) is 10.7 Å². The van der Waals surface area contributed by atoms with Gasteiger partial charge >= 0.3 is 11.8 Å². The number of hydrogen-bond acceptors (Lipinski definition) is 6. The maximum atomic E-state index is 11.5. The molecule has 2 amide bonds. The smallest absolute Gasteiger partial charge is 0.329 e. The monoisotopic (exact) mass is 320 g/mol. The molecule has 0 fully saturated rings. The molecule has 0 aliphatic heterocycles. The summed E-state index contributed by atoms with van der Waals surface area (Å²) < 4.78 is 4.91. The van der Waals surface area contributed by atoms with Crippen molar-refractivity contribution in [2.24, 2.45) is 5.10 Å². The summed E-state index contributed by atoms with van der Waals surface area (Å²) in [6.07, 6.45) is 2.06. The van der Waals surface area contributed by atoms with Crippen molar-refractivity contribution in [3.63, 3.8) is 0 Å². The standard InChI is InChI=1S/C15H19N3O5/c1-3-10(2)17-14(21)15(22)18-16-8-11-4-6-12(7-5-11)23-9-13(19)20/h4-8,10H,3,9H2,1-2H3,(H,17,21)(H,18,22)(H,19,20)/p-1/b16-8-/t10-/m1/s1. The Hall–Kier alpha value is -2.90. The largest absolute Gasteiger partial charge is 0.546 e. The molecule has 8 heteroatoms. The lowest BCUT2D eigenvalue weighted by Gasteiger charge is -2.09. The van der Waals surface area contributed by atoms with E-state index in [1.165, 1.54) is 6.21 Å². The number of carbonyl (C=O) groups is 3. The first-order valence-electron chi connectivity index (χ1n) is 6.99. The van der Waals surface area contributed by atoms with E-state index in [9.17, 15) is 19.5 Å². The number of ether oxygens (including phenoxy) is 1. The molecule has 8 nitrogen and oxygen atoms in total. The molecule has 0 aliphatic rings. The molecule has 1 rings (SSSR count). The van der Waals surface area contributed by atoms with E-state index in [0.29, 0.717) is 17.7 Å². The maximum Gasteiger partial charge on any atom is 0.329 e. The number of amides is 2. The third kappa shape index (κ3) is 7.07. The van der Waals surface area contributed by atoms with E-state index in [0.717, 1.165) is 0 Å². The van der Waals surface area contributed by atoms with Crippen LogP contribution >= 0.6 is 0 Å². The van der Waals surface area contributed by atoms with Gasteiger partial charge in [0.2, 0.25) is 0 Å². The van der Waals surface area contributed by atoms with Crippen molar-refractivity contribution in [2.75, 3.05) is 6.61 Å². The van der Waals surface area contributed by atoms with Gasteiger partial charge < -0.3 is 20.0 Å². The third-order valence-electron chi connectivity index (χ3n) is 2.81. The van der Waals surface area contributed by atoms with Crippen molar-refractivity contribution in [2.45, 2.75) is 26.3 Å². The van der Waals surface area contributed by atoms with Crippen LogP contribution in [0.2, 0.25) is 0 Å². The highest BCUT2D eigenvalue weighted by Crippen LogP contribution is 2.10. The van der Waals surface area contributed by atoms with Crippen LogP contribution in [-0.2, 0) is 14.4 Å². The van der Waals surface area contributed by atoms with Gasteiger partial charge in [-0.3, -0.25) is 9.59 Å². The molecule has 0 heterocycles. The Morgan fingerprint density at radius 1 is 1.26 bits per heavy atom. The molecule has 0 saturated carbocycles. The summed E-state index contributed by atoms with van der Waals surface area (Å²) >= 11 is 0. The molecule has 2 N–H and O–H groups in total. The van der Waals surface area contributed by atoms with Crippen molar-refractivity contribution in [1.29, 1.82) is 0 Å². The van der Waals surface area contributed by atoms with Crippen LogP contribution in [0, 0.1) is 0 Å². The van der Waals surface area contributed by atoms with Crippen LogP contribution in [0.4, 0.5) is 0 Å². The minimum Gasteiger partial charge on any atom is -0.546 e. The maximum absolute atomic E-state index is 11.5. The zero-order chi connectivity index (χ0) is 17.2. The fourth-order valence-electron chi connectivity index (χ4n) is 1.40. The first-order chi connectivity index (χ1) is 10.9. The Morgan fingerprint density at radius 3 is 2.48 bits per heavy atom. The highest BCUT2D eigenvalue weighted by molar-refractivity contribution is 6.35. The summed E-state index contributed by atoms with van der Waals surface area (Å²) in [4.78, 5) is 33.2. The Kier molecular flexibility index (Phi) is 7.25. The summed E-state index contributed by atoms with van der Waals surface area (Å²) in [5.74, 6) is -2.55. The van der Waals surface area contributed by atoms with E-state index in [2.05, 4.69) is 15.8 Å². The zero-order valence-electron chi connectivity index (χ0n) is 12.9. The molecule has 1 aromatic rings. The van der Waals surface area contributed by atoms with Gasteiger partial charge in [0, 0.05) is 6.04 Å². The van der Waals surface area contributed by atoms with Gasteiger partial charge in [0.05, 0.1) is 12.2 Å². The first-order valence-corrected chi connectivity index (χ1v) is 6.99. The molecule has 0 aliphatic carbocycles. The lowest BCUT2D eigenvalue weighted by Crippen LogP contribution is -2.41. The molecule has 23 heavy (non-hydrogen) atoms. The Labute approximate surface area is 133 Å². The predicted octanol–water partition coefficient (Wildman–Crippen LogP) is -0.820. The van der Waals surface area contributed by atoms with Crippen LogP contribution in [0.5, 0.6) is 5.75 Å². The average molecular weight is 320 g/mol. The second kappa shape index (κ2) is 9.19. The summed E-state index contributed by atoms with van der Waals surface area (Å²) in [7, 11) is 0. The van der Waals surface area contributed by atoms with E-state index in [-0.39, 0.29) is 6.04 Å². The van der Waals surface area contributed by atoms with E-state index in [1.54, 1.807) is 31.2 Å². The number of carboxylic acids is 1. The summed E-state index contributed by atoms with van der Waals surface area (Å²) in [6, 6.07) is 6.22. The minimum atomic E-state index is -1.31. The Morgan fingerprint density at radius 2 is 1.91 bits per heavy atom. The molecule has 0 radical (unpaired) electrons. The minimum absolute atomic E-state index is 0.0919. The molecular weight excluding hydrogens is 302 g/mol. The first kappa shape index (κ1) is 18.1. The van der Waals surface area contributed by atoms with E-state index in [4.69, 9.17) is 4.74 Å². The SMILES string of the molecule is CC[C@@H](C)NC(=O)C(=O)N/N=C\c1ccc(OCC(=O)[O-])cc1. The van der Waals surface area contributed by atoms with Crippen molar-refractivity contribution >= 4 is 24.0 Å². The second-order valence-corrected chi connectivity index (χ2v) is 4.71. The van der Waals surface area contributed by atoms with Crippen LogP contribution in [0.3, 0.4) is 0 Å². The van der Waals surface area contributed by atoms with Gasteiger partial charge in [0.1, 0.15) is 12.4 Å². The van der Waals surface area contributed by atoms with Crippen molar-refractivity contribution < 1.29 is 24.2 Å². The zero-order valence-corrected chi connectivity index (χ0v) is 12.9. The molecule has 0 unspecified atom stereocenters. The quantitative estimate of drug-likeness (QED) is 0.386. The number of carbonyl (C=O) groups excluding carboxylic acids is 3. The molecular formula is C15H18N3O5-. The number of hydrazone groups is 1. The number of hydrogen-bond donors (Lipinski definition) is 2. The van der Waals surface area contributed by atoms with E-state index < -0.39 is 24.4 Å². The molecule has 0 aromatic heterocycles. The van der Waals surface area contributed by atoms with Gasteiger partial charge in [-0.05, 0) is 43.2 Å². The third-order valence-corrected chi connectivity index (χ3v) is 2.81. The Bertz CT molecular complexity index is 583. The van der Waals surface area contributed by atoms with Gasteiger partial charge in [-0.15, -0.1) is 0 Å². The molecule has 1 aromatic carbocycles. The van der Waals surface area contributed by atoms with Crippen LogP contribution < -0.4 is 20.6 Å². The van der Waals surface area contributed by atoms with Crippen molar-refractivity contribution in [3.8, 4) is 5.75 Å². The summed E-state index contributed by atoms with van der Waals surface area (Å²) in [5, 5.41) is 16.4. The lowest BCUT2D eigenvalue weighted by molar-refractivity contribution is -0.307. The number of nitrogens with one attached hydrogen (secondary N) is 2. The van der Waals surface area contributed by atoms with E-state index >= 15 is 0 Å². The van der Waals surface area contributed by atoms with Gasteiger partial charge in [-0.1, -0.05) is 6.92 Å².